The first-order valence-electron chi connectivity index (χ1n) is 11.9. The standard InChI is InChI=1S/C31H28N2O2/c1-35-29(34)19-28-26(22-11-5-2-6-12-22)17-18-27(23-13-7-3-8-14-23)31(28)30(25(20-32)21-33)24-15-9-4-10-16-24/h2-17,25,27-28,30-31H,18-19H2,1H3/t27-,28-,30+,31-/m0/s1. The van der Waals surface area contributed by atoms with Gasteiger partial charge in [0, 0.05) is 5.92 Å². The molecule has 4 rings (SSSR count). The summed E-state index contributed by atoms with van der Waals surface area (Å²) in [6.07, 6.45) is 3.16. The van der Waals surface area contributed by atoms with E-state index in [4.69, 9.17) is 4.74 Å². The number of ether oxygens (including phenoxy) is 1. The molecule has 0 bridgehead atoms. The van der Waals surface area contributed by atoms with Gasteiger partial charge in [-0.3, -0.25) is 4.79 Å². The van der Waals surface area contributed by atoms with Crippen LogP contribution in [0.3, 0.4) is 0 Å². The van der Waals surface area contributed by atoms with Crippen LogP contribution in [0.2, 0.25) is 0 Å². The Labute approximate surface area is 207 Å². The number of hydrogen-bond acceptors (Lipinski definition) is 4. The predicted molar refractivity (Wildman–Crippen MR) is 136 cm³/mol. The maximum atomic E-state index is 12.7. The molecule has 0 spiro atoms. The second kappa shape index (κ2) is 11.3. The number of carbonyl (C=O) groups is 1. The first-order valence-corrected chi connectivity index (χ1v) is 11.9. The lowest BCUT2D eigenvalue weighted by atomic mass is 9.59. The molecule has 1 aliphatic rings. The number of esters is 1. The topological polar surface area (TPSA) is 73.9 Å². The van der Waals surface area contributed by atoms with Gasteiger partial charge in [-0.1, -0.05) is 97.1 Å². The first kappa shape index (κ1) is 24.0. The van der Waals surface area contributed by atoms with E-state index in [0.717, 1.165) is 28.7 Å². The summed E-state index contributed by atoms with van der Waals surface area (Å²) in [7, 11) is 1.41. The van der Waals surface area contributed by atoms with Crippen molar-refractivity contribution in [3.63, 3.8) is 0 Å². The van der Waals surface area contributed by atoms with Crippen molar-refractivity contribution in [2.24, 2.45) is 17.8 Å². The first-order chi connectivity index (χ1) is 17.2. The zero-order valence-electron chi connectivity index (χ0n) is 19.7. The number of methoxy groups -OCH3 is 1. The maximum Gasteiger partial charge on any atom is 0.306 e. The lowest BCUT2D eigenvalue weighted by molar-refractivity contribution is -0.141. The number of nitrogens with zero attached hydrogens (tertiary/aromatic N) is 2. The van der Waals surface area contributed by atoms with Crippen molar-refractivity contribution in [2.75, 3.05) is 7.11 Å². The number of allylic oxidation sites excluding steroid dienone is 2. The molecule has 0 aromatic heterocycles. The van der Waals surface area contributed by atoms with E-state index in [0.29, 0.717) is 0 Å². The average molecular weight is 461 g/mol. The summed E-state index contributed by atoms with van der Waals surface area (Å²) in [6, 6.07) is 34.6. The zero-order valence-corrected chi connectivity index (χ0v) is 19.7. The molecule has 35 heavy (non-hydrogen) atoms. The summed E-state index contributed by atoms with van der Waals surface area (Å²) in [6.45, 7) is 0. The van der Waals surface area contributed by atoms with E-state index < -0.39 is 5.92 Å². The highest BCUT2D eigenvalue weighted by Gasteiger charge is 2.45. The molecule has 0 saturated heterocycles. The molecular weight excluding hydrogens is 432 g/mol. The van der Waals surface area contributed by atoms with Crippen molar-refractivity contribution in [3.05, 3.63) is 114 Å². The van der Waals surface area contributed by atoms with Crippen molar-refractivity contribution < 1.29 is 9.53 Å². The van der Waals surface area contributed by atoms with Crippen molar-refractivity contribution in [1.29, 1.82) is 10.5 Å². The monoisotopic (exact) mass is 460 g/mol. The van der Waals surface area contributed by atoms with E-state index in [2.05, 4.69) is 42.5 Å². The van der Waals surface area contributed by atoms with Gasteiger partial charge in [0.2, 0.25) is 0 Å². The molecule has 0 unspecified atom stereocenters. The van der Waals surface area contributed by atoms with Crippen molar-refractivity contribution in [1.82, 2.24) is 0 Å². The Balaban J connectivity index is 1.95. The molecule has 0 saturated carbocycles. The minimum atomic E-state index is -0.858. The quantitative estimate of drug-likeness (QED) is 0.377. The number of hydrogen-bond donors (Lipinski definition) is 0. The molecule has 4 nitrogen and oxygen atoms in total. The van der Waals surface area contributed by atoms with Crippen LogP contribution in [0.25, 0.3) is 5.57 Å². The molecule has 0 fully saturated rings. The van der Waals surface area contributed by atoms with E-state index in [1.807, 2.05) is 66.7 Å². The summed E-state index contributed by atoms with van der Waals surface area (Å²) in [4.78, 5) is 12.7. The van der Waals surface area contributed by atoms with Gasteiger partial charge in [-0.15, -0.1) is 0 Å². The lowest BCUT2D eigenvalue weighted by Gasteiger charge is -2.44. The summed E-state index contributed by atoms with van der Waals surface area (Å²) < 4.78 is 5.13. The van der Waals surface area contributed by atoms with E-state index in [1.165, 1.54) is 7.11 Å². The number of carbonyl (C=O) groups excluding carboxylic acids is 1. The smallest absolute Gasteiger partial charge is 0.306 e. The van der Waals surface area contributed by atoms with Crippen molar-refractivity contribution in [3.8, 4) is 12.1 Å². The third-order valence-electron chi connectivity index (χ3n) is 7.11. The Kier molecular flexibility index (Phi) is 7.76. The number of benzene rings is 3. The van der Waals surface area contributed by atoms with Gasteiger partial charge in [0.1, 0.15) is 5.92 Å². The Morgan fingerprint density at radius 1 is 0.914 bits per heavy atom. The molecular formula is C31H28N2O2. The Morgan fingerprint density at radius 2 is 1.49 bits per heavy atom. The van der Waals surface area contributed by atoms with E-state index >= 15 is 0 Å². The van der Waals surface area contributed by atoms with Gasteiger partial charge in [0.15, 0.2) is 0 Å². The Hall–Kier alpha value is -4.15. The highest BCUT2D eigenvalue weighted by atomic mass is 16.5. The van der Waals surface area contributed by atoms with Crippen LogP contribution in [-0.2, 0) is 9.53 Å². The second-order valence-electron chi connectivity index (χ2n) is 8.91. The minimum Gasteiger partial charge on any atom is -0.469 e. The maximum absolute atomic E-state index is 12.7. The van der Waals surface area contributed by atoms with Crippen LogP contribution in [0.5, 0.6) is 0 Å². The van der Waals surface area contributed by atoms with Crippen LogP contribution in [0.4, 0.5) is 0 Å². The molecule has 0 aliphatic heterocycles. The number of rotatable bonds is 7. The molecule has 4 heteroatoms. The highest BCUT2D eigenvalue weighted by Crippen LogP contribution is 2.53. The summed E-state index contributed by atoms with van der Waals surface area (Å²) >= 11 is 0. The Morgan fingerprint density at radius 3 is 2.06 bits per heavy atom. The van der Waals surface area contributed by atoms with Gasteiger partial charge in [-0.2, -0.15) is 10.5 Å². The number of nitriles is 2. The Bertz CT molecular complexity index is 1230. The largest absolute Gasteiger partial charge is 0.469 e. The molecule has 3 aromatic rings. The van der Waals surface area contributed by atoms with Gasteiger partial charge in [-0.25, -0.2) is 0 Å². The van der Waals surface area contributed by atoms with Crippen LogP contribution in [0.1, 0.15) is 41.4 Å². The molecule has 0 N–H and O–H groups in total. The van der Waals surface area contributed by atoms with E-state index in [9.17, 15) is 15.3 Å². The molecule has 3 aromatic carbocycles. The molecule has 0 radical (unpaired) electrons. The third kappa shape index (κ3) is 5.18. The van der Waals surface area contributed by atoms with Crippen LogP contribution >= 0.6 is 0 Å². The summed E-state index contributed by atoms with van der Waals surface area (Å²) in [5, 5.41) is 20.1. The third-order valence-corrected chi connectivity index (χ3v) is 7.11. The fourth-order valence-corrected chi connectivity index (χ4v) is 5.58. The molecule has 4 atom stereocenters. The van der Waals surface area contributed by atoms with Crippen LogP contribution in [0, 0.1) is 40.4 Å². The summed E-state index contributed by atoms with van der Waals surface area (Å²) in [5.41, 5.74) is 4.21. The normalized spacial score (nSPS) is 20.2. The predicted octanol–water partition coefficient (Wildman–Crippen LogP) is 6.50. The SMILES string of the molecule is COC(=O)C[C@H]1C(c2ccccc2)=CC[C@@H](c2ccccc2)[C@@H]1[C@H](c1ccccc1)C(C#N)C#N. The molecule has 0 amide bonds. The fraction of sp³-hybridized carbons (Fsp3) is 0.258. The van der Waals surface area contributed by atoms with Gasteiger partial charge < -0.3 is 4.74 Å². The molecule has 1 aliphatic carbocycles. The summed E-state index contributed by atoms with van der Waals surface area (Å²) in [5.74, 6) is -1.88. The molecule has 0 heterocycles. The van der Waals surface area contributed by atoms with Gasteiger partial charge in [0.05, 0.1) is 25.7 Å². The zero-order chi connectivity index (χ0) is 24.6. The van der Waals surface area contributed by atoms with Crippen LogP contribution in [-0.4, -0.2) is 13.1 Å². The van der Waals surface area contributed by atoms with E-state index in [-0.39, 0.29) is 36.1 Å². The van der Waals surface area contributed by atoms with Gasteiger partial charge in [0.25, 0.3) is 0 Å². The second-order valence-corrected chi connectivity index (χ2v) is 8.91. The van der Waals surface area contributed by atoms with E-state index in [1.54, 1.807) is 0 Å². The van der Waals surface area contributed by atoms with Crippen molar-refractivity contribution >= 4 is 11.5 Å². The molecule has 174 valence electrons. The fourth-order valence-electron chi connectivity index (χ4n) is 5.58. The van der Waals surface area contributed by atoms with Crippen LogP contribution in [0.15, 0.2) is 97.1 Å². The van der Waals surface area contributed by atoms with Gasteiger partial charge >= 0.3 is 5.97 Å². The van der Waals surface area contributed by atoms with Crippen LogP contribution < -0.4 is 0 Å². The van der Waals surface area contributed by atoms with Gasteiger partial charge in [-0.05, 0) is 46.4 Å². The minimum absolute atomic E-state index is 0.0349. The van der Waals surface area contributed by atoms with Crippen molar-refractivity contribution in [2.45, 2.75) is 24.7 Å². The lowest BCUT2D eigenvalue weighted by Crippen LogP contribution is -2.36. The highest BCUT2D eigenvalue weighted by molar-refractivity contribution is 5.77. The average Bonchev–Trinajstić information content (AvgIpc) is 2.93.